The lowest BCUT2D eigenvalue weighted by Gasteiger charge is -2.11. The Morgan fingerprint density at radius 2 is 1.74 bits per heavy atom. The maximum Gasteiger partial charge on any atom is 0.257 e. The zero-order valence-electron chi connectivity index (χ0n) is 13.0. The maximum atomic E-state index is 12.3. The molecule has 0 radical (unpaired) electrons. The fraction of sp³-hybridized carbons (Fsp3) is 0.235. The lowest BCUT2D eigenvalue weighted by molar-refractivity contribution is 0.0939. The summed E-state index contributed by atoms with van der Waals surface area (Å²) >= 11 is 3.34. The Labute approximate surface area is 143 Å². The first-order valence-electron chi connectivity index (χ1n) is 7.32. The predicted molar refractivity (Wildman–Crippen MR) is 93.6 cm³/mol. The fourth-order valence-corrected chi connectivity index (χ4v) is 2.10. The van der Waals surface area contributed by atoms with Crippen LogP contribution in [-0.2, 0) is 0 Å². The summed E-state index contributed by atoms with van der Waals surface area (Å²) in [4.78, 5) is 28.3. The van der Waals surface area contributed by atoms with E-state index in [-0.39, 0.29) is 17.9 Å². The number of anilines is 1. The van der Waals surface area contributed by atoms with Crippen molar-refractivity contribution in [3.8, 4) is 0 Å². The number of nitrogens with one attached hydrogen (secondary N) is 2. The Kier molecular flexibility index (Phi) is 5.87. The topological polar surface area (TPSA) is 71.1 Å². The van der Waals surface area contributed by atoms with Crippen molar-refractivity contribution in [3.05, 3.63) is 58.3 Å². The van der Waals surface area contributed by atoms with E-state index in [0.29, 0.717) is 16.8 Å². The average molecular weight is 376 g/mol. The minimum absolute atomic E-state index is 0.0720. The normalized spacial score (nSPS) is 11.6. The van der Waals surface area contributed by atoms with E-state index in [1.54, 1.807) is 18.2 Å². The van der Waals surface area contributed by atoms with Crippen molar-refractivity contribution >= 4 is 33.4 Å². The zero-order valence-corrected chi connectivity index (χ0v) is 14.6. The third-order valence-corrected chi connectivity index (χ3v) is 3.88. The molecular weight excluding hydrogens is 358 g/mol. The molecule has 1 unspecified atom stereocenters. The summed E-state index contributed by atoms with van der Waals surface area (Å²) in [6.07, 6.45) is 3.73. The summed E-state index contributed by atoms with van der Waals surface area (Å²) in [5.41, 5.74) is 1.38. The third kappa shape index (κ3) is 4.89. The molecule has 0 aliphatic carbocycles. The van der Waals surface area contributed by atoms with Crippen LogP contribution in [0.4, 0.5) is 5.69 Å². The van der Waals surface area contributed by atoms with Gasteiger partial charge < -0.3 is 10.6 Å². The lowest BCUT2D eigenvalue weighted by atomic mass is 10.1. The van der Waals surface area contributed by atoms with Crippen LogP contribution in [0.1, 0.15) is 41.0 Å². The van der Waals surface area contributed by atoms with Crippen LogP contribution in [0.25, 0.3) is 0 Å². The van der Waals surface area contributed by atoms with E-state index in [9.17, 15) is 9.59 Å². The van der Waals surface area contributed by atoms with Crippen LogP contribution in [-0.4, -0.2) is 22.8 Å². The van der Waals surface area contributed by atoms with E-state index in [1.807, 2.05) is 26.0 Å². The number of rotatable bonds is 5. The quantitative estimate of drug-likeness (QED) is 0.837. The van der Waals surface area contributed by atoms with Crippen molar-refractivity contribution in [1.29, 1.82) is 0 Å². The number of hydrogen-bond donors (Lipinski definition) is 2. The molecule has 120 valence electrons. The van der Waals surface area contributed by atoms with Gasteiger partial charge >= 0.3 is 0 Å². The van der Waals surface area contributed by atoms with Gasteiger partial charge in [0.25, 0.3) is 11.8 Å². The average Bonchev–Trinajstić information content (AvgIpc) is 2.56. The number of amides is 2. The summed E-state index contributed by atoms with van der Waals surface area (Å²) in [7, 11) is 0. The van der Waals surface area contributed by atoms with Gasteiger partial charge in [0.2, 0.25) is 0 Å². The first-order valence-corrected chi connectivity index (χ1v) is 8.11. The number of hydrogen-bond acceptors (Lipinski definition) is 3. The second-order valence-corrected chi connectivity index (χ2v) is 6.12. The molecule has 1 aromatic heterocycles. The highest BCUT2D eigenvalue weighted by atomic mass is 79.9. The summed E-state index contributed by atoms with van der Waals surface area (Å²) in [5, 5.41) is 5.62. The molecular formula is C17H18BrN3O2. The number of halogens is 1. The van der Waals surface area contributed by atoms with Gasteiger partial charge in [-0.3, -0.25) is 14.6 Å². The molecule has 0 spiro atoms. The Hall–Kier alpha value is -2.21. The van der Waals surface area contributed by atoms with Gasteiger partial charge in [-0.25, -0.2) is 0 Å². The monoisotopic (exact) mass is 375 g/mol. The van der Waals surface area contributed by atoms with Crippen LogP contribution in [0.2, 0.25) is 0 Å². The second-order valence-electron chi connectivity index (χ2n) is 5.21. The van der Waals surface area contributed by atoms with Crippen molar-refractivity contribution in [1.82, 2.24) is 10.3 Å². The largest absolute Gasteiger partial charge is 0.350 e. The van der Waals surface area contributed by atoms with E-state index in [2.05, 4.69) is 31.5 Å². The Morgan fingerprint density at radius 1 is 1.13 bits per heavy atom. The summed E-state index contributed by atoms with van der Waals surface area (Å²) < 4.78 is 0.931. The van der Waals surface area contributed by atoms with Crippen LogP contribution in [0, 0.1) is 0 Å². The molecule has 6 heteroatoms. The van der Waals surface area contributed by atoms with E-state index < -0.39 is 0 Å². The van der Waals surface area contributed by atoms with Crippen molar-refractivity contribution < 1.29 is 9.59 Å². The van der Waals surface area contributed by atoms with E-state index in [4.69, 9.17) is 0 Å². The van der Waals surface area contributed by atoms with Gasteiger partial charge in [-0.15, -0.1) is 0 Å². The molecule has 2 rings (SSSR count). The van der Waals surface area contributed by atoms with Gasteiger partial charge in [-0.05, 0) is 43.7 Å². The van der Waals surface area contributed by atoms with Gasteiger partial charge in [0.05, 0.1) is 11.1 Å². The van der Waals surface area contributed by atoms with Crippen LogP contribution >= 0.6 is 15.9 Å². The summed E-state index contributed by atoms with van der Waals surface area (Å²) in [6.45, 7) is 3.92. The Balaban J connectivity index is 2.10. The highest BCUT2D eigenvalue weighted by molar-refractivity contribution is 9.10. The van der Waals surface area contributed by atoms with Gasteiger partial charge in [-0.1, -0.05) is 22.9 Å². The van der Waals surface area contributed by atoms with Crippen molar-refractivity contribution in [3.63, 3.8) is 0 Å². The standard InChI is InChI=1S/C17H18BrN3O2/c1-3-11(2)20-16(22)12-8-13(10-19-9-12)17(23)21-15-6-4-14(18)5-7-15/h4-11H,3H2,1-2H3,(H,20,22)(H,21,23). The molecule has 2 amide bonds. The van der Waals surface area contributed by atoms with Gasteiger partial charge in [0, 0.05) is 28.6 Å². The number of aromatic nitrogens is 1. The Bertz CT molecular complexity index is 701. The SMILES string of the molecule is CCC(C)NC(=O)c1cncc(C(=O)Nc2ccc(Br)cc2)c1. The fourth-order valence-electron chi connectivity index (χ4n) is 1.83. The van der Waals surface area contributed by atoms with Crippen LogP contribution < -0.4 is 10.6 Å². The third-order valence-electron chi connectivity index (χ3n) is 3.35. The molecule has 0 saturated heterocycles. The number of nitrogens with zero attached hydrogens (tertiary/aromatic N) is 1. The zero-order chi connectivity index (χ0) is 16.8. The van der Waals surface area contributed by atoms with Gasteiger partial charge in [0.1, 0.15) is 0 Å². The van der Waals surface area contributed by atoms with Crippen LogP contribution in [0.15, 0.2) is 47.2 Å². The minimum Gasteiger partial charge on any atom is -0.350 e. The molecule has 0 saturated carbocycles. The smallest absolute Gasteiger partial charge is 0.257 e. The second kappa shape index (κ2) is 7.87. The molecule has 2 aromatic rings. The summed E-state index contributed by atoms with van der Waals surface area (Å²) in [6, 6.07) is 8.86. The highest BCUT2D eigenvalue weighted by Gasteiger charge is 2.13. The number of pyridine rings is 1. The van der Waals surface area contributed by atoms with Crippen molar-refractivity contribution in [2.45, 2.75) is 26.3 Å². The van der Waals surface area contributed by atoms with E-state index in [0.717, 1.165) is 10.9 Å². The lowest BCUT2D eigenvalue weighted by Crippen LogP contribution is -2.32. The molecule has 0 aliphatic heterocycles. The highest BCUT2D eigenvalue weighted by Crippen LogP contribution is 2.15. The summed E-state index contributed by atoms with van der Waals surface area (Å²) in [5.74, 6) is -0.539. The van der Waals surface area contributed by atoms with Gasteiger partial charge in [-0.2, -0.15) is 0 Å². The molecule has 23 heavy (non-hydrogen) atoms. The molecule has 1 aromatic carbocycles. The van der Waals surface area contributed by atoms with Crippen LogP contribution in [0.3, 0.4) is 0 Å². The van der Waals surface area contributed by atoms with E-state index >= 15 is 0 Å². The molecule has 0 fully saturated rings. The molecule has 0 bridgehead atoms. The van der Waals surface area contributed by atoms with Gasteiger partial charge in [0.15, 0.2) is 0 Å². The first-order chi connectivity index (χ1) is 11.0. The molecule has 5 nitrogen and oxygen atoms in total. The van der Waals surface area contributed by atoms with Crippen molar-refractivity contribution in [2.75, 3.05) is 5.32 Å². The predicted octanol–water partition coefficient (Wildman–Crippen LogP) is 3.62. The first kappa shape index (κ1) is 17.1. The van der Waals surface area contributed by atoms with E-state index in [1.165, 1.54) is 12.4 Å². The maximum absolute atomic E-state index is 12.3. The van der Waals surface area contributed by atoms with Crippen molar-refractivity contribution in [2.24, 2.45) is 0 Å². The molecule has 1 atom stereocenters. The number of carbonyl (C=O) groups excluding carboxylic acids is 2. The molecule has 2 N–H and O–H groups in total. The number of benzene rings is 1. The molecule has 1 heterocycles. The number of carbonyl (C=O) groups is 2. The minimum atomic E-state index is -0.307. The Morgan fingerprint density at radius 3 is 2.35 bits per heavy atom. The molecule has 0 aliphatic rings. The van der Waals surface area contributed by atoms with Crippen LogP contribution in [0.5, 0.6) is 0 Å².